The van der Waals surface area contributed by atoms with Gasteiger partial charge in [-0.15, -0.1) is 11.6 Å². The van der Waals surface area contributed by atoms with Crippen LogP contribution in [0, 0.1) is 0 Å². The van der Waals surface area contributed by atoms with Crippen LogP contribution < -0.4 is 10.6 Å². The Bertz CT molecular complexity index is 366. The van der Waals surface area contributed by atoms with Crippen molar-refractivity contribution in [3.8, 4) is 0 Å². The van der Waals surface area contributed by atoms with Crippen molar-refractivity contribution in [1.29, 1.82) is 0 Å². The van der Waals surface area contributed by atoms with Crippen LogP contribution in [0.1, 0.15) is 12.8 Å². The van der Waals surface area contributed by atoms with Gasteiger partial charge >= 0.3 is 6.03 Å². The molecule has 0 spiro atoms. The highest BCUT2D eigenvalue weighted by molar-refractivity contribution is 7.91. The first kappa shape index (κ1) is 11.0. The summed E-state index contributed by atoms with van der Waals surface area (Å²) in [6, 6.07) is -0.516. The summed E-state index contributed by atoms with van der Waals surface area (Å²) in [6.45, 7) is 0. The summed E-state index contributed by atoms with van der Waals surface area (Å²) >= 11 is 5.84. The molecule has 1 aliphatic heterocycles. The molecular weight excluding hydrogens is 240 g/mol. The van der Waals surface area contributed by atoms with Gasteiger partial charge in [0.15, 0.2) is 9.84 Å². The van der Waals surface area contributed by atoms with Crippen LogP contribution in [-0.2, 0) is 9.84 Å². The molecule has 0 bridgehead atoms. The monoisotopic (exact) mass is 252 g/mol. The van der Waals surface area contributed by atoms with Gasteiger partial charge < -0.3 is 10.6 Å². The van der Waals surface area contributed by atoms with Gasteiger partial charge in [-0.1, -0.05) is 0 Å². The van der Waals surface area contributed by atoms with Crippen LogP contribution in [0.5, 0.6) is 0 Å². The van der Waals surface area contributed by atoms with E-state index in [-0.39, 0.29) is 23.6 Å². The molecule has 2 fully saturated rings. The van der Waals surface area contributed by atoms with Gasteiger partial charge in [0.2, 0.25) is 0 Å². The van der Waals surface area contributed by atoms with Crippen molar-refractivity contribution in [2.75, 3.05) is 11.5 Å². The van der Waals surface area contributed by atoms with Crippen LogP contribution in [-0.4, -0.2) is 43.4 Å². The third-order valence-electron chi connectivity index (χ3n) is 2.51. The van der Waals surface area contributed by atoms with E-state index in [0.717, 1.165) is 12.8 Å². The molecule has 0 aromatic rings. The quantitative estimate of drug-likeness (QED) is 0.672. The third kappa shape index (κ3) is 2.98. The van der Waals surface area contributed by atoms with Gasteiger partial charge in [-0.2, -0.15) is 0 Å². The van der Waals surface area contributed by atoms with Gasteiger partial charge in [0.1, 0.15) is 0 Å². The molecule has 1 saturated heterocycles. The molecule has 2 amide bonds. The van der Waals surface area contributed by atoms with E-state index >= 15 is 0 Å². The first-order chi connectivity index (χ1) is 6.96. The van der Waals surface area contributed by atoms with Crippen molar-refractivity contribution in [3.63, 3.8) is 0 Å². The topological polar surface area (TPSA) is 75.3 Å². The number of urea groups is 1. The molecule has 1 saturated carbocycles. The Morgan fingerprint density at radius 3 is 2.33 bits per heavy atom. The number of rotatable bonds is 2. The van der Waals surface area contributed by atoms with Crippen molar-refractivity contribution in [3.05, 3.63) is 0 Å². The number of nitrogens with one attached hydrogen (secondary N) is 2. The van der Waals surface area contributed by atoms with Gasteiger partial charge in [0, 0.05) is 6.04 Å². The predicted molar refractivity (Wildman–Crippen MR) is 56.8 cm³/mol. The van der Waals surface area contributed by atoms with E-state index in [0.29, 0.717) is 0 Å². The normalized spacial score (nSPS) is 33.7. The van der Waals surface area contributed by atoms with Crippen molar-refractivity contribution in [1.82, 2.24) is 10.6 Å². The Hall–Kier alpha value is -0.490. The Labute approximate surface area is 93.5 Å². The van der Waals surface area contributed by atoms with Crippen LogP contribution in [0.4, 0.5) is 4.79 Å². The number of halogens is 1. The minimum Gasteiger partial charge on any atom is -0.335 e. The van der Waals surface area contributed by atoms with Crippen molar-refractivity contribution >= 4 is 27.5 Å². The number of carbonyl (C=O) groups is 1. The van der Waals surface area contributed by atoms with Gasteiger partial charge in [-0.3, -0.25) is 0 Å². The molecule has 2 N–H and O–H groups in total. The molecule has 86 valence electrons. The van der Waals surface area contributed by atoms with Crippen LogP contribution >= 0.6 is 11.6 Å². The Morgan fingerprint density at radius 2 is 1.87 bits per heavy atom. The Kier molecular flexibility index (Phi) is 2.81. The number of alkyl halides is 1. The average molecular weight is 253 g/mol. The van der Waals surface area contributed by atoms with Gasteiger partial charge in [0.05, 0.1) is 22.9 Å². The van der Waals surface area contributed by atoms with E-state index in [1.165, 1.54) is 0 Å². The molecule has 1 aliphatic carbocycles. The highest BCUT2D eigenvalue weighted by atomic mass is 35.5. The van der Waals surface area contributed by atoms with Gasteiger partial charge in [0.25, 0.3) is 0 Å². The number of hydrogen-bond donors (Lipinski definition) is 2. The maximum Gasteiger partial charge on any atom is 0.315 e. The maximum absolute atomic E-state index is 11.3. The summed E-state index contributed by atoms with van der Waals surface area (Å²) in [5.41, 5.74) is 0. The lowest BCUT2D eigenvalue weighted by Crippen LogP contribution is -2.46. The van der Waals surface area contributed by atoms with E-state index in [1.807, 2.05) is 0 Å². The second-order valence-corrected chi connectivity index (χ2v) is 6.81. The minimum atomic E-state index is -3.08. The molecule has 2 rings (SSSR count). The maximum atomic E-state index is 11.3. The fourth-order valence-electron chi connectivity index (χ4n) is 1.56. The summed E-state index contributed by atoms with van der Waals surface area (Å²) in [7, 11) is -3.08. The molecule has 15 heavy (non-hydrogen) atoms. The van der Waals surface area contributed by atoms with Gasteiger partial charge in [-0.25, -0.2) is 13.2 Å². The minimum absolute atomic E-state index is 0.0526. The van der Waals surface area contributed by atoms with Crippen LogP contribution in [0.25, 0.3) is 0 Å². The molecular formula is C8H13ClN2O3S. The zero-order valence-electron chi connectivity index (χ0n) is 8.07. The Balaban J connectivity index is 1.86. The lowest BCUT2D eigenvalue weighted by Gasteiger charge is -2.14. The second kappa shape index (κ2) is 3.83. The van der Waals surface area contributed by atoms with E-state index in [9.17, 15) is 13.2 Å². The zero-order valence-corrected chi connectivity index (χ0v) is 9.64. The fraction of sp³-hybridized carbons (Fsp3) is 0.875. The summed E-state index contributed by atoms with van der Waals surface area (Å²) < 4.78 is 22.4. The Morgan fingerprint density at radius 1 is 1.20 bits per heavy atom. The first-order valence-corrected chi connectivity index (χ1v) is 7.13. The highest BCUT2D eigenvalue weighted by Crippen LogP contribution is 2.20. The molecule has 5 nitrogen and oxygen atoms in total. The zero-order chi connectivity index (χ0) is 11.1. The molecule has 0 radical (unpaired) electrons. The lowest BCUT2D eigenvalue weighted by atomic mass is 10.2. The molecule has 2 atom stereocenters. The molecule has 0 aromatic carbocycles. The number of hydrogen-bond acceptors (Lipinski definition) is 3. The fourth-order valence-corrected chi connectivity index (χ4v) is 4.11. The SMILES string of the molecule is O=C(NC1CC1)NC1CS(=O)(=O)CC1Cl. The average Bonchev–Trinajstić information content (AvgIpc) is 2.80. The van der Waals surface area contributed by atoms with Crippen molar-refractivity contribution < 1.29 is 13.2 Å². The number of carbonyl (C=O) groups excluding carboxylic acids is 1. The number of sulfone groups is 1. The molecule has 1 heterocycles. The van der Waals surface area contributed by atoms with E-state index < -0.39 is 21.3 Å². The lowest BCUT2D eigenvalue weighted by molar-refractivity contribution is 0.237. The van der Waals surface area contributed by atoms with Crippen molar-refractivity contribution in [2.45, 2.75) is 30.3 Å². The largest absolute Gasteiger partial charge is 0.335 e. The summed E-state index contributed by atoms with van der Waals surface area (Å²) in [6.07, 6.45) is 2.00. The van der Waals surface area contributed by atoms with E-state index in [2.05, 4.69) is 10.6 Å². The van der Waals surface area contributed by atoms with Crippen LogP contribution in [0.2, 0.25) is 0 Å². The van der Waals surface area contributed by atoms with Crippen LogP contribution in [0.15, 0.2) is 0 Å². The summed E-state index contributed by atoms with van der Waals surface area (Å²) in [5.74, 6) is -0.109. The molecule has 7 heteroatoms. The van der Waals surface area contributed by atoms with Gasteiger partial charge in [-0.05, 0) is 12.8 Å². The smallest absolute Gasteiger partial charge is 0.315 e. The molecule has 2 aliphatic rings. The summed E-state index contributed by atoms with van der Waals surface area (Å²) in [5, 5.41) is 4.81. The molecule has 0 aromatic heterocycles. The number of amides is 2. The van der Waals surface area contributed by atoms with Crippen LogP contribution in [0.3, 0.4) is 0 Å². The second-order valence-electron chi connectivity index (χ2n) is 4.09. The van der Waals surface area contributed by atoms with E-state index in [1.54, 1.807) is 0 Å². The summed E-state index contributed by atoms with van der Waals surface area (Å²) in [4.78, 5) is 11.3. The van der Waals surface area contributed by atoms with Crippen molar-refractivity contribution in [2.24, 2.45) is 0 Å². The predicted octanol–water partition coefficient (Wildman–Crippen LogP) is -0.148. The standard InChI is InChI=1S/C8H13ClN2O3S/c9-6-3-15(13,14)4-7(6)11-8(12)10-5-1-2-5/h5-7H,1-4H2,(H2,10,11,12). The third-order valence-corrected chi connectivity index (χ3v) is 4.89. The van der Waals surface area contributed by atoms with E-state index in [4.69, 9.17) is 11.6 Å². The molecule has 2 unspecified atom stereocenters. The first-order valence-electron chi connectivity index (χ1n) is 4.88. The highest BCUT2D eigenvalue weighted by Gasteiger charge is 2.37.